The fourth-order valence-electron chi connectivity index (χ4n) is 4.88. The lowest BCUT2D eigenvalue weighted by Gasteiger charge is -2.45. The summed E-state index contributed by atoms with van der Waals surface area (Å²) in [6, 6.07) is 0. The first-order chi connectivity index (χ1) is 14.4. The van der Waals surface area contributed by atoms with E-state index < -0.39 is 18.3 Å². The molecule has 0 aromatic rings. The highest BCUT2D eigenvalue weighted by Gasteiger charge is 2.43. The summed E-state index contributed by atoms with van der Waals surface area (Å²) >= 11 is 0. The van der Waals surface area contributed by atoms with Crippen LogP contribution in [0.3, 0.4) is 0 Å². The van der Waals surface area contributed by atoms with Crippen molar-refractivity contribution in [3.63, 3.8) is 0 Å². The average molecular weight is 427 g/mol. The third kappa shape index (κ3) is 6.89. The molecule has 5 atom stereocenters. The Balaban J connectivity index is 1.88. The molecule has 0 heterocycles. The van der Waals surface area contributed by atoms with Crippen LogP contribution < -0.4 is 0 Å². The standard InChI is InChI=1S/C24H39FO5/c1-30-23(29)10-5-3-2-4-9-18-19(21(27)17-20(18)26)11-12-22(28)24(14-8-15-24)13-6-7-16-25/h2,4,11-12,18-22,26-28H,3,5-10,13-17H2,1H3/t18-,19-,20+,21-,22-/m1/s1. The van der Waals surface area contributed by atoms with Gasteiger partial charge < -0.3 is 20.1 Å². The number of alkyl halides is 1. The molecule has 6 heteroatoms. The first-order valence-electron chi connectivity index (χ1n) is 11.4. The van der Waals surface area contributed by atoms with Gasteiger partial charge in [0.05, 0.1) is 32.1 Å². The minimum Gasteiger partial charge on any atom is -0.469 e. The smallest absolute Gasteiger partial charge is 0.305 e. The highest BCUT2D eigenvalue weighted by atomic mass is 19.1. The highest BCUT2D eigenvalue weighted by molar-refractivity contribution is 5.69. The van der Waals surface area contributed by atoms with E-state index >= 15 is 0 Å². The molecule has 0 bridgehead atoms. The summed E-state index contributed by atoms with van der Waals surface area (Å²) in [5, 5.41) is 31.6. The Morgan fingerprint density at radius 2 is 1.97 bits per heavy atom. The van der Waals surface area contributed by atoms with Gasteiger partial charge in [0.1, 0.15) is 0 Å². The third-order valence-electron chi connectivity index (χ3n) is 7.02. The maximum absolute atomic E-state index is 12.4. The van der Waals surface area contributed by atoms with Gasteiger partial charge in [0.15, 0.2) is 0 Å². The van der Waals surface area contributed by atoms with Gasteiger partial charge in [-0.05, 0) is 56.3 Å². The van der Waals surface area contributed by atoms with Crippen LogP contribution in [0.2, 0.25) is 0 Å². The predicted octanol–water partition coefficient (Wildman–Crippen LogP) is 3.86. The van der Waals surface area contributed by atoms with E-state index in [1.807, 2.05) is 18.2 Å². The van der Waals surface area contributed by atoms with Crippen LogP contribution in [0.25, 0.3) is 0 Å². The number of allylic oxidation sites excluding steroid dienone is 2. The van der Waals surface area contributed by atoms with E-state index in [2.05, 4.69) is 4.74 Å². The Kier molecular flexibility index (Phi) is 10.5. The monoisotopic (exact) mass is 426 g/mol. The zero-order chi connectivity index (χ0) is 22.0. The van der Waals surface area contributed by atoms with Crippen LogP contribution >= 0.6 is 0 Å². The summed E-state index contributed by atoms with van der Waals surface area (Å²) in [7, 11) is 1.38. The molecule has 0 aromatic carbocycles. The number of esters is 1. The molecule has 2 fully saturated rings. The number of halogens is 1. The Labute approximate surface area is 180 Å². The largest absolute Gasteiger partial charge is 0.469 e. The van der Waals surface area contributed by atoms with Crippen LogP contribution in [0.1, 0.15) is 70.6 Å². The van der Waals surface area contributed by atoms with E-state index in [4.69, 9.17) is 0 Å². The molecular weight excluding hydrogens is 387 g/mol. The van der Waals surface area contributed by atoms with Crippen molar-refractivity contribution in [2.24, 2.45) is 17.3 Å². The normalized spacial score (nSPS) is 29.4. The Morgan fingerprint density at radius 1 is 1.20 bits per heavy atom. The average Bonchev–Trinajstić information content (AvgIpc) is 2.96. The lowest BCUT2D eigenvalue weighted by atomic mass is 9.62. The van der Waals surface area contributed by atoms with Crippen molar-refractivity contribution >= 4 is 5.97 Å². The molecule has 0 aromatic heterocycles. The quantitative estimate of drug-likeness (QED) is 0.236. The lowest BCUT2D eigenvalue weighted by Crippen LogP contribution is -2.40. The number of aliphatic hydroxyl groups is 3. The summed E-state index contributed by atoms with van der Waals surface area (Å²) in [6.07, 6.45) is 13.9. The molecular formula is C24H39FO5. The maximum Gasteiger partial charge on any atom is 0.305 e. The van der Waals surface area contributed by atoms with Crippen LogP contribution in [0.4, 0.5) is 4.39 Å². The molecule has 2 aliphatic rings. The molecule has 30 heavy (non-hydrogen) atoms. The summed E-state index contributed by atoms with van der Waals surface area (Å²) in [4.78, 5) is 11.1. The van der Waals surface area contributed by atoms with Crippen LogP contribution in [-0.4, -0.2) is 53.4 Å². The fraction of sp³-hybridized carbons (Fsp3) is 0.792. The minimum absolute atomic E-state index is 0.0933. The topological polar surface area (TPSA) is 87.0 Å². The first-order valence-corrected chi connectivity index (χ1v) is 11.4. The van der Waals surface area contributed by atoms with Gasteiger partial charge in [-0.15, -0.1) is 0 Å². The first kappa shape index (κ1) is 25.0. The van der Waals surface area contributed by atoms with E-state index in [1.165, 1.54) is 7.11 Å². The molecule has 0 amide bonds. The molecule has 0 unspecified atom stereocenters. The maximum atomic E-state index is 12.4. The van der Waals surface area contributed by atoms with Gasteiger partial charge in [-0.2, -0.15) is 0 Å². The molecule has 2 saturated carbocycles. The molecule has 2 aliphatic carbocycles. The number of aliphatic hydroxyl groups excluding tert-OH is 3. The van der Waals surface area contributed by atoms with Crippen molar-refractivity contribution in [1.29, 1.82) is 0 Å². The number of carbonyl (C=O) groups excluding carboxylic acids is 1. The van der Waals surface area contributed by atoms with Gasteiger partial charge >= 0.3 is 5.97 Å². The van der Waals surface area contributed by atoms with Gasteiger partial charge in [0.2, 0.25) is 0 Å². The van der Waals surface area contributed by atoms with Crippen molar-refractivity contribution in [3.8, 4) is 0 Å². The van der Waals surface area contributed by atoms with Crippen molar-refractivity contribution in [1.82, 2.24) is 0 Å². The van der Waals surface area contributed by atoms with Gasteiger partial charge in [-0.3, -0.25) is 9.18 Å². The number of ether oxygens (including phenoxy) is 1. The summed E-state index contributed by atoms with van der Waals surface area (Å²) in [6.45, 7) is -0.313. The summed E-state index contributed by atoms with van der Waals surface area (Å²) < 4.78 is 17.1. The predicted molar refractivity (Wildman–Crippen MR) is 114 cm³/mol. The van der Waals surface area contributed by atoms with Gasteiger partial charge in [0.25, 0.3) is 0 Å². The van der Waals surface area contributed by atoms with E-state index in [-0.39, 0.29) is 29.9 Å². The number of hydrogen-bond donors (Lipinski definition) is 3. The van der Waals surface area contributed by atoms with Gasteiger partial charge in [-0.25, -0.2) is 0 Å². The molecule has 0 aliphatic heterocycles. The molecule has 2 rings (SSSR count). The highest BCUT2D eigenvalue weighted by Crippen LogP contribution is 2.48. The summed E-state index contributed by atoms with van der Waals surface area (Å²) in [5.41, 5.74) is -0.150. The molecule has 5 nitrogen and oxygen atoms in total. The van der Waals surface area contributed by atoms with Crippen molar-refractivity contribution in [3.05, 3.63) is 24.3 Å². The van der Waals surface area contributed by atoms with E-state index in [1.54, 1.807) is 6.08 Å². The second kappa shape index (κ2) is 12.6. The third-order valence-corrected chi connectivity index (χ3v) is 7.02. The molecule has 0 saturated heterocycles. The Hall–Kier alpha value is -1.24. The van der Waals surface area contributed by atoms with Crippen molar-refractivity contribution in [2.75, 3.05) is 13.8 Å². The van der Waals surface area contributed by atoms with Crippen molar-refractivity contribution < 1.29 is 29.2 Å². The van der Waals surface area contributed by atoms with Crippen LogP contribution in [0, 0.1) is 17.3 Å². The van der Waals surface area contributed by atoms with Gasteiger partial charge in [0, 0.05) is 18.8 Å². The van der Waals surface area contributed by atoms with E-state index in [9.17, 15) is 24.5 Å². The van der Waals surface area contributed by atoms with Crippen molar-refractivity contribution in [2.45, 2.75) is 88.9 Å². The zero-order valence-corrected chi connectivity index (χ0v) is 18.2. The number of unbranched alkanes of at least 4 members (excludes halogenated alkanes) is 2. The molecule has 0 spiro atoms. The molecule has 3 N–H and O–H groups in total. The van der Waals surface area contributed by atoms with E-state index in [0.717, 1.165) is 44.9 Å². The molecule has 172 valence electrons. The van der Waals surface area contributed by atoms with Gasteiger partial charge in [-0.1, -0.05) is 37.1 Å². The second-order valence-corrected chi connectivity index (χ2v) is 8.98. The fourth-order valence-corrected chi connectivity index (χ4v) is 4.88. The number of carbonyl (C=O) groups is 1. The Morgan fingerprint density at radius 3 is 2.60 bits per heavy atom. The minimum atomic E-state index is -0.620. The second-order valence-electron chi connectivity index (χ2n) is 8.98. The Bertz CT molecular complexity index is 572. The lowest BCUT2D eigenvalue weighted by molar-refractivity contribution is -0.140. The summed E-state index contributed by atoms with van der Waals surface area (Å²) in [5.74, 6) is -0.503. The number of rotatable bonds is 13. The van der Waals surface area contributed by atoms with Crippen LogP contribution in [0.5, 0.6) is 0 Å². The SMILES string of the molecule is COC(=O)CCCC=CC[C@@H]1[C@@H](C=C[C@@H](O)C2(CCCCF)CCC2)[C@H](O)C[C@@H]1O. The zero-order valence-electron chi connectivity index (χ0n) is 18.2. The van der Waals surface area contributed by atoms with Crippen LogP contribution in [-0.2, 0) is 9.53 Å². The number of methoxy groups -OCH3 is 1. The van der Waals surface area contributed by atoms with Crippen LogP contribution in [0.15, 0.2) is 24.3 Å². The van der Waals surface area contributed by atoms with E-state index in [0.29, 0.717) is 25.7 Å². The molecule has 0 radical (unpaired) electrons. The number of hydrogen-bond acceptors (Lipinski definition) is 5.